The van der Waals surface area contributed by atoms with Crippen LogP contribution >= 0.6 is 0 Å². The summed E-state index contributed by atoms with van der Waals surface area (Å²) in [5, 5.41) is 24.4. The first kappa shape index (κ1) is 35.3. The lowest BCUT2D eigenvalue weighted by Crippen LogP contribution is -2.44. The van der Waals surface area contributed by atoms with Crippen molar-refractivity contribution in [1.29, 1.82) is 0 Å². The van der Waals surface area contributed by atoms with Crippen molar-refractivity contribution >= 4 is 23.9 Å². The van der Waals surface area contributed by atoms with Crippen molar-refractivity contribution in [1.82, 2.24) is 10.6 Å². The Bertz CT molecular complexity index is 1850. The number of amides is 2. The van der Waals surface area contributed by atoms with Crippen molar-refractivity contribution in [2.24, 2.45) is 0 Å². The maximum absolute atomic E-state index is 13.7. The van der Waals surface area contributed by atoms with Gasteiger partial charge in [0.05, 0.1) is 12.2 Å². The number of ether oxygens (including phenoxy) is 3. The van der Waals surface area contributed by atoms with Crippen LogP contribution in [-0.4, -0.2) is 66.0 Å². The van der Waals surface area contributed by atoms with Crippen molar-refractivity contribution < 1.29 is 38.8 Å². The molecule has 0 unspecified atom stereocenters. The summed E-state index contributed by atoms with van der Waals surface area (Å²) in [6.45, 7) is 0.0305. The summed E-state index contributed by atoms with van der Waals surface area (Å²) in [6, 6.07) is 33.1. The number of nitrogens with one attached hydrogen (secondary N) is 2. The minimum absolute atomic E-state index is 0.0333. The van der Waals surface area contributed by atoms with E-state index in [2.05, 4.69) is 10.6 Å². The molecule has 1 aliphatic carbocycles. The number of aliphatic hydroxyl groups is 1. The molecule has 262 valence electrons. The second-order valence-corrected chi connectivity index (χ2v) is 12.3. The van der Waals surface area contributed by atoms with Gasteiger partial charge in [0.15, 0.2) is 0 Å². The number of esters is 1. The molecule has 2 amide bonds. The number of hydrogen-bond donors (Lipinski definition) is 4. The fourth-order valence-corrected chi connectivity index (χ4v) is 6.26. The lowest BCUT2D eigenvalue weighted by molar-refractivity contribution is -0.157. The summed E-state index contributed by atoms with van der Waals surface area (Å²) < 4.78 is 19.7. The van der Waals surface area contributed by atoms with Gasteiger partial charge in [0.25, 0.3) is 0 Å². The molecule has 1 fully saturated rings. The SMILES string of the molecule is O=C(CCNC(=O)C1=C[C@H]2OC(c3ccccc3)(c3ccccc3)O[C@H]2[C@H](OC(=O)c2cccc(C=CCc3ccccc3O)c2)C1)NCCO. The smallest absolute Gasteiger partial charge is 0.338 e. The average Bonchev–Trinajstić information content (AvgIpc) is 3.57. The van der Waals surface area contributed by atoms with Crippen molar-refractivity contribution in [3.05, 3.63) is 155 Å². The van der Waals surface area contributed by atoms with Crippen LogP contribution in [0.5, 0.6) is 5.75 Å². The number of phenols is 1. The number of rotatable bonds is 13. The van der Waals surface area contributed by atoms with Crippen LogP contribution in [0.1, 0.15) is 45.5 Å². The van der Waals surface area contributed by atoms with Gasteiger partial charge in [-0.15, -0.1) is 0 Å². The van der Waals surface area contributed by atoms with E-state index < -0.39 is 36.0 Å². The lowest BCUT2D eigenvalue weighted by atomic mass is 9.91. The maximum atomic E-state index is 13.7. The number of carbonyl (C=O) groups is 3. The normalized spacial score (nSPS) is 19.2. The van der Waals surface area contributed by atoms with Gasteiger partial charge in [-0.3, -0.25) is 9.59 Å². The number of aromatic hydroxyl groups is 1. The Balaban J connectivity index is 1.24. The molecule has 4 aromatic carbocycles. The number of benzene rings is 4. The minimum atomic E-state index is -1.34. The Morgan fingerprint density at radius 1 is 0.843 bits per heavy atom. The molecule has 6 rings (SSSR count). The second kappa shape index (κ2) is 16.4. The molecular formula is C41H40N2O8. The predicted octanol–water partition coefficient (Wildman–Crippen LogP) is 4.80. The van der Waals surface area contributed by atoms with Gasteiger partial charge in [-0.25, -0.2) is 4.79 Å². The van der Waals surface area contributed by atoms with Gasteiger partial charge in [0.2, 0.25) is 17.6 Å². The van der Waals surface area contributed by atoms with E-state index in [1.807, 2.05) is 91.0 Å². The Kier molecular flexibility index (Phi) is 11.4. The van der Waals surface area contributed by atoms with Crippen molar-refractivity contribution in [3.8, 4) is 5.75 Å². The number of hydrogen-bond acceptors (Lipinski definition) is 8. The summed E-state index contributed by atoms with van der Waals surface area (Å²) in [5.41, 5.74) is 3.71. The Morgan fingerprint density at radius 3 is 2.25 bits per heavy atom. The van der Waals surface area contributed by atoms with E-state index in [0.717, 1.165) is 22.3 Å². The molecule has 0 saturated carbocycles. The molecule has 0 radical (unpaired) electrons. The van der Waals surface area contributed by atoms with Gasteiger partial charge in [-0.05, 0) is 41.8 Å². The highest BCUT2D eigenvalue weighted by Gasteiger charge is 2.55. The Labute approximate surface area is 296 Å². The van der Waals surface area contributed by atoms with Crippen LogP contribution < -0.4 is 10.6 Å². The van der Waals surface area contributed by atoms with Gasteiger partial charge in [0.1, 0.15) is 24.1 Å². The number of aliphatic hydroxyl groups excluding tert-OH is 1. The van der Waals surface area contributed by atoms with E-state index in [0.29, 0.717) is 17.6 Å². The van der Waals surface area contributed by atoms with Gasteiger partial charge in [-0.2, -0.15) is 0 Å². The molecule has 0 bridgehead atoms. The zero-order chi connectivity index (χ0) is 35.6. The van der Waals surface area contributed by atoms with E-state index in [4.69, 9.17) is 19.3 Å². The maximum Gasteiger partial charge on any atom is 0.338 e. The van der Waals surface area contributed by atoms with Crippen molar-refractivity contribution in [3.63, 3.8) is 0 Å². The van der Waals surface area contributed by atoms with Crippen LogP contribution in [0.3, 0.4) is 0 Å². The molecule has 10 nitrogen and oxygen atoms in total. The standard InChI is InChI=1S/C41H40N2O8/c44-24-23-42-37(46)21-22-43-39(47)31-26-35(49-40(48)30-15-10-12-28(25-30)11-9-14-29-13-7-8-20-34(29)45)38-36(27-31)50-41(51-38,32-16-3-1-4-17-32)33-18-5-2-6-19-33/h1-13,15-20,25,27,35-36,38,44-45H,14,21-24,26H2,(H,42,46)(H,43,47)/t35-,36-,38+/m1/s1. The molecule has 2 aliphatic rings. The Hall–Kier alpha value is -5.55. The molecule has 0 spiro atoms. The summed E-state index contributed by atoms with van der Waals surface area (Å²) in [5.74, 6) is -2.42. The van der Waals surface area contributed by atoms with Crippen molar-refractivity contribution in [2.75, 3.05) is 19.7 Å². The largest absolute Gasteiger partial charge is 0.508 e. The van der Waals surface area contributed by atoms with Crippen molar-refractivity contribution in [2.45, 2.75) is 43.4 Å². The van der Waals surface area contributed by atoms with E-state index >= 15 is 0 Å². The van der Waals surface area contributed by atoms with E-state index in [1.54, 1.807) is 36.4 Å². The zero-order valence-corrected chi connectivity index (χ0v) is 27.9. The van der Waals surface area contributed by atoms with Crippen LogP contribution in [0.2, 0.25) is 0 Å². The summed E-state index contributed by atoms with van der Waals surface area (Å²) in [6.07, 6.45) is 3.69. The zero-order valence-electron chi connectivity index (χ0n) is 27.9. The third-order valence-electron chi connectivity index (χ3n) is 8.77. The predicted molar refractivity (Wildman–Crippen MR) is 190 cm³/mol. The molecule has 1 saturated heterocycles. The van der Waals surface area contributed by atoms with Crippen LogP contribution in [0.25, 0.3) is 6.08 Å². The molecule has 0 aromatic heterocycles. The molecule has 1 heterocycles. The van der Waals surface area contributed by atoms with E-state index in [-0.39, 0.29) is 44.2 Å². The number of fused-ring (bicyclic) bond motifs is 1. The lowest BCUT2D eigenvalue weighted by Gasteiger charge is -2.31. The highest BCUT2D eigenvalue weighted by molar-refractivity contribution is 5.94. The first-order chi connectivity index (χ1) is 24.9. The van der Waals surface area contributed by atoms with Crippen LogP contribution in [0, 0.1) is 0 Å². The molecule has 10 heteroatoms. The van der Waals surface area contributed by atoms with Gasteiger partial charge in [-0.1, -0.05) is 103 Å². The first-order valence-corrected chi connectivity index (χ1v) is 16.9. The molecule has 1 aliphatic heterocycles. The monoisotopic (exact) mass is 688 g/mol. The van der Waals surface area contributed by atoms with Gasteiger partial charge >= 0.3 is 5.97 Å². The molecule has 3 atom stereocenters. The number of para-hydroxylation sites is 1. The average molecular weight is 689 g/mol. The first-order valence-electron chi connectivity index (χ1n) is 16.9. The minimum Gasteiger partial charge on any atom is -0.508 e. The molecular weight excluding hydrogens is 648 g/mol. The third kappa shape index (κ3) is 8.43. The highest BCUT2D eigenvalue weighted by atomic mass is 16.8. The quantitative estimate of drug-likeness (QED) is 0.147. The molecule has 4 aromatic rings. The fraction of sp³-hybridized carbons (Fsp3) is 0.244. The topological polar surface area (TPSA) is 143 Å². The number of allylic oxidation sites excluding steroid dienone is 1. The third-order valence-corrected chi connectivity index (χ3v) is 8.77. The van der Waals surface area contributed by atoms with Gasteiger partial charge < -0.3 is 35.1 Å². The number of phenolic OH excluding ortho intramolecular Hbond substituents is 1. The number of carbonyl (C=O) groups excluding carboxylic acids is 3. The summed E-state index contributed by atoms with van der Waals surface area (Å²) in [7, 11) is 0. The second-order valence-electron chi connectivity index (χ2n) is 12.3. The van der Waals surface area contributed by atoms with E-state index in [1.165, 1.54) is 0 Å². The van der Waals surface area contributed by atoms with Crippen LogP contribution in [0.4, 0.5) is 0 Å². The molecule has 51 heavy (non-hydrogen) atoms. The van der Waals surface area contributed by atoms with Gasteiger partial charge in [0, 0.05) is 42.6 Å². The summed E-state index contributed by atoms with van der Waals surface area (Å²) >= 11 is 0. The summed E-state index contributed by atoms with van der Waals surface area (Å²) in [4.78, 5) is 39.2. The Morgan fingerprint density at radius 2 is 1.55 bits per heavy atom. The van der Waals surface area contributed by atoms with E-state index in [9.17, 15) is 19.5 Å². The van der Waals surface area contributed by atoms with Crippen LogP contribution in [0.15, 0.2) is 127 Å². The molecule has 4 N–H and O–H groups in total. The highest BCUT2D eigenvalue weighted by Crippen LogP contribution is 2.47. The van der Waals surface area contributed by atoms with Crippen LogP contribution in [-0.2, 0) is 36.0 Å². The fourth-order valence-electron chi connectivity index (χ4n) is 6.26.